The van der Waals surface area contributed by atoms with Crippen LogP contribution in [0.15, 0.2) is 60.8 Å². The van der Waals surface area contributed by atoms with Gasteiger partial charge in [-0.25, -0.2) is 9.97 Å². The smallest absolute Gasteiger partial charge is 0.145 e. The summed E-state index contributed by atoms with van der Waals surface area (Å²) in [6.45, 7) is 7.84. The average Bonchev–Trinajstić information content (AvgIpc) is 2.64. The van der Waals surface area contributed by atoms with Gasteiger partial charge in [0.15, 0.2) is 0 Å². The normalized spacial score (nSPS) is 11.4. The van der Waals surface area contributed by atoms with Crippen molar-refractivity contribution in [2.45, 2.75) is 32.1 Å². The summed E-state index contributed by atoms with van der Waals surface area (Å²) >= 11 is 0. The van der Waals surface area contributed by atoms with Crippen LogP contribution in [0.2, 0.25) is 25.7 Å². The minimum absolute atomic E-state index is 0.480. The maximum absolute atomic E-state index is 6.04. The van der Waals surface area contributed by atoms with Crippen molar-refractivity contribution >= 4 is 13.9 Å². The highest BCUT2D eigenvalue weighted by molar-refractivity contribution is 6.76. The lowest BCUT2D eigenvalue weighted by Crippen LogP contribution is -2.22. The monoisotopic (exact) mass is 377 g/mol. The molecule has 0 unspecified atom stereocenters. The van der Waals surface area contributed by atoms with Crippen LogP contribution in [0.3, 0.4) is 0 Å². The number of hydrogen-bond donors (Lipinski definition) is 1. The summed E-state index contributed by atoms with van der Waals surface area (Å²) in [5, 5.41) is 0. The van der Waals surface area contributed by atoms with E-state index in [1.54, 1.807) is 6.20 Å². The standard InChI is InChI=1S/C22H27N3OSi/c1-27(2,3)14-13-26-19-11-9-18(10-12-19)21-16-24-22(23)20(25-21)15-17-7-5-4-6-8-17/h4-12,16H,13-15H2,1-3H3,(H2,23,24). The highest BCUT2D eigenvalue weighted by Crippen LogP contribution is 2.23. The van der Waals surface area contributed by atoms with E-state index in [1.807, 2.05) is 42.5 Å². The van der Waals surface area contributed by atoms with Crippen LogP contribution in [0.4, 0.5) is 5.82 Å². The minimum Gasteiger partial charge on any atom is -0.494 e. The molecule has 27 heavy (non-hydrogen) atoms. The van der Waals surface area contributed by atoms with Gasteiger partial charge in [0, 0.05) is 20.1 Å². The fraction of sp³-hybridized carbons (Fsp3) is 0.273. The van der Waals surface area contributed by atoms with Crippen LogP contribution in [0.1, 0.15) is 11.3 Å². The highest BCUT2D eigenvalue weighted by atomic mass is 28.3. The maximum atomic E-state index is 6.04. The fourth-order valence-corrected chi connectivity index (χ4v) is 3.41. The van der Waals surface area contributed by atoms with Gasteiger partial charge in [0.2, 0.25) is 0 Å². The van der Waals surface area contributed by atoms with Crippen molar-refractivity contribution in [3.8, 4) is 17.0 Å². The van der Waals surface area contributed by atoms with E-state index in [4.69, 9.17) is 15.5 Å². The second kappa shape index (κ2) is 8.35. The van der Waals surface area contributed by atoms with Crippen LogP contribution in [0, 0.1) is 0 Å². The van der Waals surface area contributed by atoms with Crippen LogP contribution in [-0.2, 0) is 6.42 Å². The lowest BCUT2D eigenvalue weighted by Gasteiger charge is -2.16. The zero-order chi connectivity index (χ0) is 19.3. The molecule has 1 aromatic heterocycles. The number of anilines is 1. The molecule has 140 valence electrons. The van der Waals surface area contributed by atoms with E-state index in [-0.39, 0.29) is 0 Å². The van der Waals surface area contributed by atoms with Crippen molar-refractivity contribution in [2.75, 3.05) is 12.3 Å². The van der Waals surface area contributed by atoms with Crippen molar-refractivity contribution in [1.29, 1.82) is 0 Å². The molecule has 0 fully saturated rings. The van der Waals surface area contributed by atoms with Gasteiger partial charge < -0.3 is 10.5 Å². The van der Waals surface area contributed by atoms with Gasteiger partial charge in [0.25, 0.3) is 0 Å². The third kappa shape index (κ3) is 5.66. The number of nitrogens with two attached hydrogens (primary N) is 1. The number of ether oxygens (including phenoxy) is 1. The highest BCUT2D eigenvalue weighted by Gasteiger charge is 2.13. The van der Waals surface area contributed by atoms with E-state index in [2.05, 4.69) is 36.8 Å². The molecule has 1 heterocycles. The molecule has 0 bridgehead atoms. The molecule has 0 saturated heterocycles. The molecule has 3 aromatic rings. The molecule has 0 radical (unpaired) electrons. The number of nitrogen functional groups attached to an aromatic ring is 1. The van der Waals surface area contributed by atoms with Gasteiger partial charge in [0.05, 0.1) is 24.2 Å². The third-order valence-corrected chi connectivity index (χ3v) is 6.07. The van der Waals surface area contributed by atoms with Crippen molar-refractivity contribution in [1.82, 2.24) is 9.97 Å². The third-order valence-electron chi connectivity index (χ3n) is 4.36. The summed E-state index contributed by atoms with van der Waals surface area (Å²) in [7, 11) is -1.07. The molecule has 0 aliphatic rings. The largest absolute Gasteiger partial charge is 0.494 e. The molecule has 0 spiro atoms. The zero-order valence-corrected chi connectivity index (χ0v) is 17.3. The Morgan fingerprint density at radius 2 is 1.67 bits per heavy atom. The molecule has 0 saturated carbocycles. The van der Waals surface area contributed by atoms with E-state index in [1.165, 1.54) is 5.56 Å². The van der Waals surface area contributed by atoms with Crippen molar-refractivity contribution in [3.05, 3.63) is 72.1 Å². The Morgan fingerprint density at radius 3 is 2.33 bits per heavy atom. The van der Waals surface area contributed by atoms with Crippen LogP contribution >= 0.6 is 0 Å². The number of rotatable bonds is 7. The first-order valence-electron chi connectivity index (χ1n) is 9.29. The molecule has 0 aliphatic heterocycles. The average molecular weight is 378 g/mol. The molecule has 2 N–H and O–H groups in total. The maximum Gasteiger partial charge on any atom is 0.145 e. The topological polar surface area (TPSA) is 61.0 Å². The predicted octanol–water partition coefficient (Wildman–Crippen LogP) is 5.03. The second-order valence-corrected chi connectivity index (χ2v) is 13.6. The Balaban J connectivity index is 1.71. The molecule has 3 rings (SSSR count). The number of aromatic nitrogens is 2. The van der Waals surface area contributed by atoms with Crippen LogP contribution in [0.25, 0.3) is 11.3 Å². The quantitative estimate of drug-likeness (QED) is 0.586. The van der Waals surface area contributed by atoms with E-state index in [0.29, 0.717) is 12.2 Å². The Bertz CT molecular complexity index is 874. The lowest BCUT2D eigenvalue weighted by atomic mass is 10.1. The van der Waals surface area contributed by atoms with Gasteiger partial charge in [-0.15, -0.1) is 0 Å². The molecule has 2 aromatic carbocycles. The summed E-state index contributed by atoms with van der Waals surface area (Å²) in [4.78, 5) is 9.08. The Kier molecular flexibility index (Phi) is 5.91. The van der Waals surface area contributed by atoms with E-state index in [0.717, 1.165) is 35.4 Å². The Labute approximate surface area is 162 Å². The fourth-order valence-electron chi connectivity index (χ4n) is 2.69. The van der Waals surface area contributed by atoms with Crippen molar-refractivity contribution in [3.63, 3.8) is 0 Å². The van der Waals surface area contributed by atoms with Gasteiger partial charge in [-0.2, -0.15) is 0 Å². The molecule has 5 heteroatoms. The molecule has 4 nitrogen and oxygen atoms in total. The zero-order valence-electron chi connectivity index (χ0n) is 16.3. The summed E-state index contributed by atoms with van der Waals surface area (Å²) in [6.07, 6.45) is 2.40. The van der Waals surface area contributed by atoms with Gasteiger partial charge in [-0.05, 0) is 35.9 Å². The molecular formula is C22H27N3OSi. The van der Waals surface area contributed by atoms with Gasteiger partial charge in [-0.3, -0.25) is 0 Å². The molecule has 0 aliphatic carbocycles. The van der Waals surface area contributed by atoms with Crippen molar-refractivity contribution in [2.24, 2.45) is 0 Å². The van der Waals surface area contributed by atoms with E-state index >= 15 is 0 Å². The SMILES string of the molecule is C[Si](C)(C)CCOc1ccc(-c2cnc(N)c(Cc3ccccc3)n2)cc1. The van der Waals surface area contributed by atoms with Crippen molar-refractivity contribution < 1.29 is 4.74 Å². The summed E-state index contributed by atoms with van der Waals surface area (Å²) in [5.74, 6) is 1.37. The van der Waals surface area contributed by atoms with Crippen LogP contribution in [0.5, 0.6) is 5.75 Å². The molecule has 0 atom stereocenters. The lowest BCUT2D eigenvalue weighted by molar-refractivity contribution is 0.338. The number of hydrogen-bond acceptors (Lipinski definition) is 4. The van der Waals surface area contributed by atoms with Gasteiger partial charge in [-0.1, -0.05) is 50.0 Å². The summed E-state index contributed by atoms with van der Waals surface area (Å²) in [5.41, 5.74) is 9.84. The van der Waals surface area contributed by atoms with E-state index < -0.39 is 8.07 Å². The first-order valence-corrected chi connectivity index (χ1v) is 13.0. The number of benzene rings is 2. The van der Waals surface area contributed by atoms with Gasteiger partial charge in [0.1, 0.15) is 11.6 Å². The first-order chi connectivity index (χ1) is 12.9. The Hall–Kier alpha value is -2.66. The second-order valence-electron chi connectivity index (χ2n) is 7.93. The van der Waals surface area contributed by atoms with E-state index in [9.17, 15) is 0 Å². The summed E-state index contributed by atoms with van der Waals surface area (Å²) in [6, 6.07) is 19.4. The Morgan fingerprint density at radius 1 is 0.963 bits per heavy atom. The molecular weight excluding hydrogens is 350 g/mol. The number of nitrogens with zero attached hydrogens (tertiary/aromatic N) is 2. The minimum atomic E-state index is -1.07. The van der Waals surface area contributed by atoms with Gasteiger partial charge >= 0.3 is 0 Å². The van der Waals surface area contributed by atoms with Crippen LogP contribution < -0.4 is 10.5 Å². The first kappa shape index (κ1) is 19.1. The van der Waals surface area contributed by atoms with Crippen LogP contribution in [-0.4, -0.2) is 24.6 Å². The summed E-state index contributed by atoms with van der Waals surface area (Å²) < 4.78 is 5.87. The molecule has 0 amide bonds. The predicted molar refractivity (Wildman–Crippen MR) is 115 cm³/mol.